The quantitative estimate of drug-likeness (QED) is 0.445. The molecule has 0 radical (unpaired) electrons. The Balaban J connectivity index is 1.39. The van der Waals surface area contributed by atoms with Gasteiger partial charge >= 0.3 is 0 Å². The summed E-state index contributed by atoms with van der Waals surface area (Å²) in [5, 5.41) is 7.76. The molecule has 2 N–H and O–H groups in total. The highest BCUT2D eigenvalue weighted by Gasteiger charge is 2.20. The molecule has 1 aliphatic rings. The Kier molecular flexibility index (Phi) is 7.10. The maximum atomic E-state index is 12.8. The molecule has 164 valence electrons. The van der Waals surface area contributed by atoms with Gasteiger partial charge in [-0.2, -0.15) is 0 Å². The zero-order valence-electron chi connectivity index (χ0n) is 17.9. The number of hydrogen-bond donors (Lipinski definition) is 2. The molecule has 0 bridgehead atoms. The number of benzene rings is 1. The Morgan fingerprint density at radius 3 is 2.90 bits per heavy atom. The Bertz CT molecular complexity index is 1020. The lowest BCUT2D eigenvalue weighted by Gasteiger charge is -2.35. The number of rotatable bonds is 8. The number of nitrogens with one attached hydrogen (secondary N) is 2. The van der Waals surface area contributed by atoms with Gasteiger partial charge < -0.3 is 20.0 Å². The number of furan rings is 1. The number of carbonyl (C=O) groups excluding carboxylic acids is 1. The monoisotopic (exact) mass is 440 g/mol. The van der Waals surface area contributed by atoms with Crippen molar-refractivity contribution >= 4 is 40.0 Å². The van der Waals surface area contributed by atoms with Gasteiger partial charge in [-0.15, -0.1) is 0 Å². The van der Waals surface area contributed by atoms with Crippen molar-refractivity contribution < 1.29 is 9.21 Å². The summed E-state index contributed by atoms with van der Waals surface area (Å²) >= 11 is 5.97. The van der Waals surface area contributed by atoms with Crippen LogP contribution in [0.1, 0.15) is 49.5 Å². The van der Waals surface area contributed by atoms with Crippen molar-refractivity contribution in [1.29, 1.82) is 0 Å². The SMILES string of the molecule is CCC1CCCCN1CCCNC(=O)c1cc2occc2c(Nc2ccc(Cl)cc2)n1. The number of anilines is 2. The van der Waals surface area contributed by atoms with Gasteiger partial charge in [0.15, 0.2) is 0 Å². The third-order valence-electron chi connectivity index (χ3n) is 5.92. The number of nitrogens with zero attached hydrogens (tertiary/aromatic N) is 2. The molecular formula is C24H29ClN4O2. The molecule has 0 spiro atoms. The summed E-state index contributed by atoms with van der Waals surface area (Å²) in [5.41, 5.74) is 1.79. The molecule has 7 heteroatoms. The van der Waals surface area contributed by atoms with Crippen LogP contribution in [0, 0.1) is 0 Å². The van der Waals surface area contributed by atoms with Crippen LogP contribution in [0.25, 0.3) is 11.0 Å². The predicted molar refractivity (Wildman–Crippen MR) is 125 cm³/mol. The summed E-state index contributed by atoms with van der Waals surface area (Å²) in [5.74, 6) is 0.390. The summed E-state index contributed by atoms with van der Waals surface area (Å²) in [7, 11) is 0. The molecule has 1 atom stereocenters. The average molecular weight is 441 g/mol. The first-order valence-electron chi connectivity index (χ1n) is 11.1. The number of likely N-dealkylation sites (tertiary alicyclic amines) is 1. The maximum absolute atomic E-state index is 12.8. The van der Waals surface area contributed by atoms with Crippen molar-refractivity contribution in [2.45, 2.75) is 45.1 Å². The Morgan fingerprint density at radius 2 is 2.10 bits per heavy atom. The number of halogens is 1. The first-order valence-corrected chi connectivity index (χ1v) is 11.4. The van der Waals surface area contributed by atoms with E-state index in [0.717, 1.165) is 24.0 Å². The largest absolute Gasteiger partial charge is 0.464 e. The van der Waals surface area contributed by atoms with Crippen molar-refractivity contribution in [3.8, 4) is 0 Å². The van der Waals surface area contributed by atoms with Gasteiger partial charge in [-0.1, -0.05) is 24.9 Å². The number of piperidine rings is 1. The van der Waals surface area contributed by atoms with E-state index in [9.17, 15) is 4.79 Å². The smallest absolute Gasteiger partial charge is 0.270 e. The van der Waals surface area contributed by atoms with Gasteiger partial charge in [-0.05, 0) is 62.6 Å². The van der Waals surface area contributed by atoms with E-state index in [2.05, 4.69) is 27.4 Å². The van der Waals surface area contributed by atoms with Gasteiger partial charge in [0.1, 0.15) is 17.1 Å². The summed E-state index contributed by atoms with van der Waals surface area (Å²) in [6.07, 6.45) is 7.63. The van der Waals surface area contributed by atoms with Gasteiger partial charge in [0.05, 0.1) is 11.6 Å². The van der Waals surface area contributed by atoms with Crippen LogP contribution in [0.3, 0.4) is 0 Å². The molecule has 6 nitrogen and oxygen atoms in total. The van der Waals surface area contributed by atoms with Crippen molar-refractivity contribution in [2.24, 2.45) is 0 Å². The number of amides is 1. The number of carbonyl (C=O) groups is 1. The fraction of sp³-hybridized carbons (Fsp3) is 0.417. The molecule has 1 aromatic carbocycles. The highest BCUT2D eigenvalue weighted by molar-refractivity contribution is 6.30. The second-order valence-electron chi connectivity index (χ2n) is 8.02. The van der Waals surface area contributed by atoms with E-state index in [1.165, 1.54) is 32.2 Å². The van der Waals surface area contributed by atoms with E-state index in [4.69, 9.17) is 16.0 Å². The van der Waals surface area contributed by atoms with Crippen LogP contribution in [-0.2, 0) is 0 Å². The second-order valence-corrected chi connectivity index (χ2v) is 8.46. The van der Waals surface area contributed by atoms with E-state index in [1.54, 1.807) is 24.5 Å². The molecule has 1 fully saturated rings. The molecule has 1 amide bonds. The van der Waals surface area contributed by atoms with Crippen LogP contribution in [0.15, 0.2) is 47.1 Å². The number of pyridine rings is 1. The van der Waals surface area contributed by atoms with E-state index in [1.807, 2.05) is 18.2 Å². The molecule has 0 aliphatic carbocycles. The summed E-state index contributed by atoms with van der Waals surface area (Å²) in [4.78, 5) is 19.9. The first kappa shape index (κ1) is 21.7. The lowest BCUT2D eigenvalue weighted by molar-refractivity contribution is 0.0942. The lowest BCUT2D eigenvalue weighted by Crippen LogP contribution is -2.40. The van der Waals surface area contributed by atoms with Gasteiger partial charge in [0, 0.05) is 35.9 Å². The van der Waals surface area contributed by atoms with Gasteiger partial charge in [0.25, 0.3) is 5.91 Å². The van der Waals surface area contributed by atoms with Crippen LogP contribution < -0.4 is 10.6 Å². The molecular weight excluding hydrogens is 412 g/mol. The van der Waals surface area contributed by atoms with Gasteiger partial charge in [0.2, 0.25) is 0 Å². The lowest BCUT2D eigenvalue weighted by atomic mass is 10.00. The third kappa shape index (κ3) is 5.38. The summed E-state index contributed by atoms with van der Waals surface area (Å²) in [6, 6.07) is 11.6. The zero-order valence-corrected chi connectivity index (χ0v) is 18.6. The molecule has 4 rings (SSSR count). The Morgan fingerprint density at radius 1 is 1.26 bits per heavy atom. The van der Waals surface area contributed by atoms with Crippen LogP contribution in [0.2, 0.25) is 5.02 Å². The fourth-order valence-corrected chi connectivity index (χ4v) is 4.36. The number of fused-ring (bicyclic) bond motifs is 1. The van der Waals surface area contributed by atoms with E-state index in [0.29, 0.717) is 34.7 Å². The van der Waals surface area contributed by atoms with E-state index < -0.39 is 0 Å². The Hall–Kier alpha value is -2.57. The minimum Gasteiger partial charge on any atom is -0.464 e. The van der Waals surface area contributed by atoms with Crippen LogP contribution in [0.4, 0.5) is 11.5 Å². The van der Waals surface area contributed by atoms with Crippen LogP contribution in [0.5, 0.6) is 0 Å². The third-order valence-corrected chi connectivity index (χ3v) is 6.17. The first-order chi connectivity index (χ1) is 15.1. The predicted octanol–water partition coefficient (Wildman–Crippen LogP) is 5.61. The van der Waals surface area contributed by atoms with Crippen molar-refractivity contribution in [3.05, 3.63) is 53.4 Å². The van der Waals surface area contributed by atoms with Crippen molar-refractivity contribution in [3.63, 3.8) is 0 Å². The van der Waals surface area contributed by atoms with E-state index in [-0.39, 0.29) is 5.91 Å². The van der Waals surface area contributed by atoms with Crippen LogP contribution in [-0.4, -0.2) is 41.5 Å². The minimum atomic E-state index is -0.192. The molecule has 0 saturated carbocycles. The number of aromatic nitrogens is 1. The van der Waals surface area contributed by atoms with Gasteiger partial charge in [-0.25, -0.2) is 4.98 Å². The summed E-state index contributed by atoms with van der Waals surface area (Å²) in [6.45, 7) is 5.08. The topological polar surface area (TPSA) is 70.4 Å². The maximum Gasteiger partial charge on any atom is 0.270 e. The van der Waals surface area contributed by atoms with E-state index >= 15 is 0 Å². The summed E-state index contributed by atoms with van der Waals surface area (Å²) < 4.78 is 5.55. The molecule has 3 heterocycles. The Labute approximate surface area is 188 Å². The average Bonchev–Trinajstić information content (AvgIpc) is 3.27. The second kappa shape index (κ2) is 10.2. The van der Waals surface area contributed by atoms with Crippen LogP contribution >= 0.6 is 11.6 Å². The highest BCUT2D eigenvalue weighted by Crippen LogP contribution is 2.27. The van der Waals surface area contributed by atoms with Crippen molar-refractivity contribution in [2.75, 3.05) is 25.0 Å². The number of hydrogen-bond acceptors (Lipinski definition) is 5. The fourth-order valence-electron chi connectivity index (χ4n) is 4.24. The molecule has 1 unspecified atom stereocenters. The standard InChI is InChI=1S/C24H29ClN4O2/c1-2-19-6-3-4-13-29(19)14-5-12-26-24(30)21-16-22-20(11-15-31-22)23(28-21)27-18-9-7-17(25)8-10-18/h7-11,15-16,19H,2-6,12-14H2,1H3,(H,26,30)(H,27,28). The van der Waals surface area contributed by atoms with Gasteiger partial charge in [-0.3, -0.25) is 4.79 Å². The molecule has 31 heavy (non-hydrogen) atoms. The van der Waals surface area contributed by atoms with Crippen molar-refractivity contribution in [1.82, 2.24) is 15.2 Å². The minimum absolute atomic E-state index is 0.192. The molecule has 1 aliphatic heterocycles. The molecule has 2 aromatic heterocycles. The normalized spacial score (nSPS) is 17.0. The molecule has 1 saturated heterocycles. The zero-order chi connectivity index (χ0) is 21.6. The molecule has 3 aromatic rings. The highest BCUT2D eigenvalue weighted by atomic mass is 35.5.